The first-order valence-corrected chi connectivity index (χ1v) is 5.43. The fourth-order valence-electron chi connectivity index (χ4n) is 1.09. The van der Waals surface area contributed by atoms with Gasteiger partial charge in [-0.1, -0.05) is 22.5 Å². The Labute approximate surface area is 108 Å². The number of rotatable bonds is 3. The van der Waals surface area contributed by atoms with Crippen LogP contribution in [0.2, 0.25) is 0 Å². The van der Waals surface area contributed by atoms with Gasteiger partial charge in [-0.15, -0.1) is 0 Å². The third-order valence-corrected chi connectivity index (χ3v) is 2.18. The molecule has 0 aliphatic carbocycles. The van der Waals surface area contributed by atoms with Crippen LogP contribution in [0.25, 0.3) is 0 Å². The van der Waals surface area contributed by atoms with E-state index in [1.54, 1.807) is 4.98 Å². The van der Waals surface area contributed by atoms with Crippen molar-refractivity contribution in [3.63, 3.8) is 0 Å². The lowest BCUT2D eigenvalue weighted by Gasteiger charge is -2.07. The van der Waals surface area contributed by atoms with E-state index in [4.69, 9.17) is 0 Å². The van der Waals surface area contributed by atoms with E-state index in [2.05, 4.69) is 27.8 Å². The number of halogens is 4. The van der Waals surface area contributed by atoms with E-state index in [0.717, 1.165) is 6.07 Å². The number of alkyl halides is 3. The minimum absolute atomic E-state index is 0.0687. The van der Waals surface area contributed by atoms with Crippen molar-refractivity contribution in [3.8, 4) is 0 Å². The fraction of sp³-hybridized carbons (Fsp3) is 0.200. The predicted octanol–water partition coefficient (Wildman–Crippen LogP) is 2.03. The molecular formula is C10H8BrF3N2O2. The second-order valence-electron chi connectivity index (χ2n) is 3.31. The summed E-state index contributed by atoms with van der Waals surface area (Å²) in [6.45, 7) is 3.53. The van der Waals surface area contributed by atoms with Gasteiger partial charge in [0.1, 0.15) is 11.3 Å². The number of pyridine rings is 1. The highest BCUT2D eigenvalue weighted by Crippen LogP contribution is 2.26. The SMILES string of the molecule is C=C(Br)CNC(=O)c1ccc(C(F)(F)F)[nH]c1=O. The summed E-state index contributed by atoms with van der Waals surface area (Å²) in [6, 6.07) is 1.47. The van der Waals surface area contributed by atoms with Crippen LogP contribution < -0.4 is 10.9 Å². The van der Waals surface area contributed by atoms with Gasteiger partial charge in [0.2, 0.25) is 0 Å². The number of hydrogen-bond donors (Lipinski definition) is 2. The molecule has 1 heterocycles. The zero-order valence-corrected chi connectivity index (χ0v) is 10.5. The molecule has 0 bridgehead atoms. The normalized spacial score (nSPS) is 11.1. The van der Waals surface area contributed by atoms with Crippen molar-refractivity contribution in [2.45, 2.75) is 6.18 Å². The standard InChI is InChI=1S/C10H8BrF3N2O2/c1-5(11)4-15-8(17)6-2-3-7(10(12,13)14)16-9(6)18/h2-3H,1,4H2,(H,15,17)(H,16,18). The zero-order chi connectivity index (χ0) is 13.9. The second-order valence-corrected chi connectivity index (χ2v) is 4.43. The summed E-state index contributed by atoms with van der Waals surface area (Å²) in [7, 11) is 0. The average Bonchev–Trinajstić information content (AvgIpc) is 2.24. The number of amides is 1. The highest BCUT2D eigenvalue weighted by molar-refractivity contribution is 9.11. The summed E-state index contributed by atoms with van der Waals surface area (Å²) in [6.07, 6.45) is -4.65. The third kappa shape index (κ3) is 3.73. The molecule has 1 amide bonds. The first-order chi connectivity index (χ1) is 8.21. The Balaban J connectivity index is 2.96. The molecule has 18 heavy (non-hydrogen) atoms. The summed E-state index contributed by atoms with van der Waals surface area (Å²) < 4.78 is 37.3. The Morgan fingerprint density at radius 1 is 1.44 bits per heavy atom. The van der Waals surface area contributed by atoms with Gasteiger partial charge in [-0.3, -0.25) is 9.59 Å². The second kappa shape index (κ2) is 5.38. The number of hydrogen-bond acceptors (Lipinski definition) is 2. The molecule has 2 N–H and O–H groups in total. The van der Waals surface area contributed by atoms with Gasteiger partial charge in [-0.25, -0.2) is 0 Å². The van der Waals surface area contributed by atoms with E-state index in [9.17, 15) is 22.8 Å². The number of aromatic nitrogens is 1. The molecular weight excluding hydrogens is 317 g/mol. The lowest BCUT2D eigenvalue weighted by Crippen LogP contribution is -2.31. The summed E-state index contributed by atoms with van der Waals surface area (Å²) in [4.78, 5) is 24.4. The van der Waals surface area contributed by atoms with Crippen LogP contribution >= 0.6 is 15.9 Å². The quantitative estimate of drug-likeness (QED) is 0.893. The number of nitrogens with one attached hydrogen (secondary N) is 2. The highest BCUT2D eigenvalue weighted by Gasteiger charge is 2.32. The molecule has 0 atom stereocenters. The van der Waals surface area contributed by atoms with Gasteiger partial charge >= 0.3 is 6.18 Å². The number of carbonyl (C=O) groups excluding carboxylic acids is 1. The smallest absolute Gasteiger partial charge is 0.347 e. The van der Waals surface area contributed by atoms with Crippen LogP contribution in [0.4, 0.5) is 13.2 Å². The third-order valence-electron chi connectivity index (χ3n) is 1.90. The number of aromatic amines is 1. The Kier molecular flexibility index (Phi) is 4.33. The minimum Gasteiger partial charge on any atom is -0.347 e. The number of H-pyrrole nitrogens is 1. The summed E-state index contributed by atoms with van der Waals surface area (Å²) >= 11 is 2.99. The van der Waals surface area contributed by atoms with Gasteiger partial charge in [-0.2, -0.15) is 13.2 Å². The van der Waals surface area contributed by atoms with Crippen LogP contribution in [0.5, 0.6) is 0 Å². The zero-order valence-electron chi connectivity index (χ0n) is 8.90. The van der Waals surface area contributed by atoms with Crippen molar-refractivity contribution >= 4 is 21.8 Å². The summed E-state index contributed by atoms with van der Waals surface area (Å²) in [5.74, 6) is -0.773. The molecule has 0 radical (unpaired) electrons. The predicted molar refractivity (Wildman–Crippen MR) is 62.5 cm³/mol. The maximum atomic E-state index is 12.3. The highest BCUT2D eigenvalue weighted by atomic mass is 79.9. The topological polar surface area (TPSA) is 62.0 Å². The molecule has 0 aliphatic rings. The first-order valence-electron chi connectivity index (χ1n) is 4.64. The van der Waals surface area contributed by atoms with E-state index in [1.807, 2.05) is 0 Å². The molecule has 0 spiro atoms. The van der Waals surface area contributed by atoms with Crippen molar-refractivity contribution < 1.29 is 18.0 Å². The van der Waals surface area contributed by atoms with Crippen LogP contribution in [-0.2, 0) is 6.18 Å². The molecule has 8 heteroatoms. The Morgan fingerprint density at radius 2 is 2.06 bits per heavy atom. The average molecular weight is 325 g/mol. The van der Waals surface area contributed by atoms with E-state index >= 15 is 0 Å². The molecule has 0 saturated carbocycles. The molecule has 0 fully saturated rings. The fourth-order valence-corrected chi connectivity index (χ4v) is 1.23. The van der Waals surface area contributed by atoms with Crippen molar-refractivity contribution in [2.75, 3.05) is 6.54 Å². The Hall–Kier alpha value is -1.57. The molecule has 4 nitrogen and oxygen atoms in total. The van der Waals surface area contributed by atoms with Gasteiger partial charge in [-0.05, 0) is 12.1 Å². The number of carbonyl (C=O) groups is 1. The lowest BCUT2D eigenvalue weighted by atomic mass is 10.2. The summed E-state index contributed by atoms with van der Waals surface area (Å²) in [5.41, 5.74) is -2.69. The maximum Gasteiger partial charge on any atom is 0.431 e. The monoisotopic (exact) mass is 324 g/mol. The molecule has 1 aromatic heterocycles. The van der Waals surface area contributed by atoms with Crippen molar-refractivity contribution in [2.24, 2.45) is 0 Å². The van der Waals surface area contributed by atoms with Gasteiger partial charge in [0.05, 0.1) is 0 Å². The van der Waals surface area contributed by atoms with E-state index < -0.39 is 28.9 Å². The largest absolute Gasteiger partial charge is 0.431 e. The van der Waals surface area contributed by atoms with E-state index in [1.165, 1.54) is 0 Å². The molecule has 0 saturated heterocycles. The van der Waals surface area contributed by atoms with Crippen LogP contribution in [0.3, 0.4) is 0 Å². The minimum atomic E-state index is -4.65. The molecule has 1 rings (SSSR count). The van der Waals surface area contributed by atoms with Crippen LogP contribution in [0, 0.1) is 0 Å². The molecule has 98 valence electrons. The lowest BCUT2D eigenvalue weighted by molar-refractivity contribution is -0.141. The summed E-state index contributed by atoms with van der Waals surface area (Å²) in [5, 5.41) is 2.31. The van der Waals surface area contributed by atoms with E-state index in [0.29, 0.717) is 10.5 Å². The molecule has 0 aromatic carbocycles. The van der Waals surface area contributed by atoms with Crippen LogP contribution in [-0.4, -0.2) is 17.4 Å². The van der Waals surface area contributed by atoms with Gasteiger partial charge < -0.3 is 10.3 Å². The molecule has 0 unspecified atom stereocenters. The van der Waals surface area contributed by atoms with Crippen molar-refractivity contribution in [1.29, 1.82) is 0 Å². The van der Waals surface area contributed by atoms with Crippen molar-refractivity contribution in [3.05, 3.63) is 44.8 Å². The van der Waals surface area contributed by atoms with Crippen LogP contribution in [0.15, 0.2) is 28.0 Å². The molecule has 0 aliphatic heterocycles. The van der Waals surface area contributed by atoms with Gasteiger partial charge in [0.15, 0.2) is 0 Å². The van der Waals surface area contributed by atoms with Crippen molar-refractivity contribution in [1.82, 2.24) is 10.3 Å². The first kappa shape index (κ1) is 14.5. The van der Waals surface area contributed by atoms with E-state index in [-0.39, 0.29) is 6.54 Å². The molecule has 1 aromatic rings. The Morgan fingerprint density at radius 3 is 2.50 bits per heavy atom. The Bertz CT molecular complexity index is 537. The maximum absolute atomic E-state index is 12.3. The van der Waals surface area contributed by atoms with Crippen LogP contribution in [0.1, 0.15) is 16.1 Å². The van der Waals surface area contributed by atoms with Gasteiger partial charge in [0, 0.05) is 11.0 Å². The van der Waals surface area contributed by atoms with Gasteiger partial charge in [0.25, 0.3) is 11.5 Å².